The number of nitriles is 1. The third-order valence-corrected chi connectivity index (χ3v) is 1.74. The minimum Gasteiger partial charge on any atom is -0.287 e. The predicted octanol–water partition coefficient (Wildman–Crippen LogP) is 1.61. The van der Waals surface area contributed by atoms with Crippen LogP contribution in [0.3, 0.4) is 0 Å². The minimum atomic E-state index is -0.480. The van der Waals surface area contributed by atoms with Crippen LogP contribution in [0.5, 0.6) is 0 Å². The van der Waals surface area contributed by atoms with Gasteiger partial charge in [0.1, 0.15) is 11.9 Å². The molecule has 0 saturated carbocycles. The van der Waals surface area contributed by atoms with Gasteiger partial charge < -0.3 is 0 Å². The first-order valence-electron chi connectivity index (χ1n) is 4.10. The van der Waals surface area contributed by atoms with Gasteiger partial charge in [0.05, 0.1) is 12.6 Å². The molecule has 0 aliphatic carbocycles. The van der Waals surface area contributed by atoms with Crippen molar-refractivity contribution in [1.82, 2.24) is 5.32 Å². The van der Waals surface area contributed by atoms with Crippen LogP contribution in [-0.2, 0) is 0 Å². The van der Waals surface area contributed by atoms with Crippen molar-refractivity contribution >= 4 is 0 Å². The highest BCUT2D eigenvalue weighted by atomic mass is 19.1. The lowest BCUT2D eigenvalue weighted by Crippen LogP contribution is -2.19. The lowest BCUT2D eigenvalue weighted by atomic mass is 10.1. The zero-order valence-electron chi connectivity index (χ0n) is 7.50. The van der Waals surface area contributed by atoms with Gasteiger partial charge in [-0.3, -0.25) is 5.32 Å². The predicted molar refractivity (Wildman–Crippen MR) is 51.6 cm³/mol. The van der Waals surface area contributed by atoms with E-state index in [1.165, 1.54) is 12.1 Å². The molecule has 0 bridgehead atoms. The summed E-state index contributed by atoms with van der Waals surface area (Å²) < 4.78 is 12.6. The van der Waals surface area contributed by atoms with Crippen molar-refractivity contribution in [3.63, 3.8) is 0 Å². The lowest BCUT2D eigenvalue weighted by Gasteiger charge is -2.08. The van der Waals surface area contributed by atoms with E-state index in [4.69, 9.17) is 11.7 Å². The smallest absolute Gasteiger partial charge is 0.123 e. The van der Waals surface area contributed by atoms with Gasteiger partial charge in [0, 0.05) is 0 Å². The number of benzene rings is 1. The quantitative estimate of drug-likeness (QED) is 0.731. The zero-order chi connectivity index (χ0) is 10.4. The number of hydrogen-bond donors (Lipinski definition) is 1. The molecule has 0 heterocycles. The Morgan fingerprint density at radius 2 is 2.07 bits per heavy atom. The van der Waals surface area contributed by atoms with Crippen molar-refractivity contribution in [2.45, 2.75) is 6.04 Å². The highest BCUT2D eigenvalue weighted by Gasteiger charge is 2.07. The van der Waals surface area contributed by atoms with E-state index in [2.05, 4.69) is 11.2 Å². The van der Waals surface area contributed by atoms with E-state index in [1.54, 1.807) is 12.1 Å². The van der Waals surface area contributed by atoms with E-state index >= 15 is 0 Å². The molecule has 1 aromatic rings. The van der Waals surface area contributed by atoms with Crippen LogP contribution in [-0.4, -0.2) is 6.54 Å². The molecule has 0 radical (unpaired) electrons. The summed E-state index contributed by atoms with van der Waals surface area (Å²) in [7, 11) is 0. The molecule has 1 N–H and O–H groups in total. The van der Waals surface area contributed by atoms with Crippen molar-refractivity contribution in [2.24, 2.45) is 0 Å². The van der Waals surface area contributed by atoms with Crippen LogP contribution in [0.25, 0.3) is 0 Å². The maximum absolute atomic E-state index is 12.6. The summed E-state index contributed by atoms with van der Waals surface area (Å²) in [5.41, 5.74) is 0.712. The maximum atomic E-state index is 12.6. The molecule has 0 saturated heterocycles. The second-order valence-electron chi connectivity index (χ2n) is 2.70. The molecular weight excluding hydrogens is 179 g/mol. The molecule has 0 amide bonds. The third-order valence-electron chi connectivity index (χ3n) is 1.74. The van der Waals surface area contributed by atoms with Gasteiger partial charge in [0.2, 0.25) is 0 Å². The third kappa shape index (κ3) is 2.58. The van der Waals surface area contributed by atoms with E-state index in [0.29, 0.717) is 12.1 Å². The van der Waals surface area contributed by atoms with Crippen LogP contribution in [0.1, 0.15) is 11.6 Å². The van der Waals surface area contributed by atoms with Crippen LogP contribution >= 0.6 is 0 Å². The van der Waals surface area contributed by atoms with E-state index in [-0.39, 0.29) is 5.82 Å². The largest absolute Gasteiger partial charge is 0.287 e. The molecule has 1 aromatic carbocycles. The van der Waals surface area contributed by atoms with Crippen LogP contribution in [0.4, 0.5) is 4.39 Å². The fourth-order valence-corrected chi connectivity index (χ4v) is 1.05. The molecule has 0 aromatic heterocycles. The Hall–Kier alpha value is -1.84. The average molecular weight is 188 g/mol. The minimum absolute atomic E-state index is 0.315. The Labute approximate surface area is 82.4 Å². The Bertz CT molecular complexity index is 370. The van der Waals surface area contributed by atoms with E-state index < -0.39 is 6.04 Å². The lowest BCUT2D eigenvalue weighted by molar-refractivity contribution is 0.624. The van der Waals surface area contributed by atoms with Crippen molar-refractivity contribution < 1.29 is 4.39 Å². The Balaban J connectivity index is 2.76. The molecule has 0 aliphatic heterocycles. The van der Waals surface area contributed by atoms with E-state index in [1.807, 2.05) is 6.07 Å². The van der Waals surface area contributed by atoms with Gasteiger partial charge in [0.25, 0.3) is 0 Å². The first-order chi connectivity index (χ1) is 6.77. The molecule has 2 nitrogen and oxygen atoms in total. The fraction of sp³-hybridized carbons (Fsp3) is 0.182. The number of terminal acetylenes is 1. The summed E-state index contributed by atoms with van der Waals surface area (Å²) in [5, 5.41) is 11.6. The van der Waals surface area contributed by atoms with Crippen LogP contribution in [0, 0.1) is 29.5 Å². The molecule has 1 atom stereocenters. The monoisotopic (exact) mass is 188 g/mol. The van der Waals surface area contributed by atoms with Gasteiger partial charge in [-0.05, 0) is 17.7 Å². The summed E-state index contributed by atoms with van der Waals surface area (Å²) in [4.78, 5) is 0. The topological polar surface area (TPSA) is 35.8 Å². The Morgan fingerprint density at radius 3 is 2.57 bits per heavy atom. The van der Waals surface area contributed by atoms with Gasteiger partial charge in [0.15, 0.2) is 0 Å². The molecular formula is C11H9FN2. The van der Waals surface area contributed by atoms with Crippen molar-refractivity contribution in [3.05, 3.63) is 35.6 Å². The average Bonchev–Trinajstić information content (AvgIpc) is 2.21. The maximum Gasteiger partial charge on any atom is 0.123 e. The fourth-order valence-electron chi connectivity index (χ4n) is 1.05. The summed E-state index contributed by atoms with van der Waals surface area (Å²) in [6.07, 6.45) is 5.05. The van der Waals surface area contributed by atoms with Crippen LogP contribution in [0.15, 0.2) is 24.3 Å². The summed E-state index contributed by atoms with van der Waals surface area (Å²) in [5.74, 6) is 2.06. The molecule has 1 rings (SSSR count). The first-order valence-corrected chi connectivity index (χ1v) is 4.10. The second kappa shape index (κ2) is 5.01. The van der Waals surface area contributed by atoms with E-state index in [9.17, 15) is 4.39 Å². The summed E-state index contributed by atoms with van der Waals surface area (Å²) >= 11 is 0. The van der Waals surface area contributed by atoms with Gasteiger partial charge >= 0.3 is 0 Å². The molecule has 0 aliphatic rings. The van der Waals surface area contributed by atoms with Crippen molar-refractivity contribution in [3.8, 4) is 18.4 Å². The number of nitrogens with one attached hydrogen (secondary N) is 1. The molecule has 70 valence electrons. The highest BCUT2D eigenvalue weighted by molar-refractivity contribution is 5.24. The standard InChI is InChI=1S/C11H9FN2/c1-2-7-14-11(8-13)9-3-5-10(12)6-4-9/h1,3-6,11,14H,7H2. The van der Waals surface area contributed by atoms with Gasteiger partial charge in [-0.25, -0.2) is 4.39 Å². The zero-order valence-corrected chi connectivity index (χ0v) is 7.50. The molecule has 1 unspecified atom stereocenters. The number of hydrogen-bond acceptors (Lipinski definition) is 2. The van der Waals surface area contributed by atoms with Crippen molar-refractivity contribution in [1.29, 1.82) is 5.26 Å². The normalized spacial score (nSPS) is 11.4. The number of rotatable bonds is 3. The first kappa shape index (κ1) is 10.2. The van der Waals surface area contributed by atoms with Gasteiger partial charge in [-0.2, -0.15) is 5.26 Å². The van der Waals surface area contributed by atoms with E-state index in [0.717, 1.165) is 0 Å². The summed E-state index contributed by atoms with van der Waals surface area (Å²) in [6, 6.07) is 7.32. The molecule has 14 heavy (non-hydrogen) atoms. The Kier molecular flexibility index (Phi) is 3.67. The van der Waals surface area contributed by atoms with Crippen molar-refractivity contribution in [2.75, 3.05) is 6.54 Å². The van der Waals surface area contributed by atoms with Crippen LogP contribution < -0.4 is 5.32 Å². The SMILES string of the molecule is C#CCNC(C#N)c1ccc(F)cc1. The number of nitrogens with zero attached hydrogens (tertiary/aromatic N) is 1. The highest BCUT2D eigenvalue weighted by Crippen LogP contribution is 2.12. The molecule has 0 fully saturated rings. The van der Waals surface area contributed by atoms with Gasteiger partial charge in [-0.1, -0.05) is 18.1 Å². The second-order valence-corrected chi connectivity index (χ2v) is 2.70. The molecule has 0 spiro atoms. The Morgan fingerprint density at radius 1 is 1.43 bits per heavy atom. The van der Waals surface area contributed by atoms with Crippen LogP contribution in [0.2, 0.25) is 0 Å². The summed E-state index contributed by atoms with van der Waals surface area (Å²) in [6.45, 7) is 0.315. The van der Waals surface area contributed by atoms with Gasteiger partial charge in [-0.15, -0.1) is 6.42 Å². The molecule has 3 heteroatoms. The number of halogens is 1.